The van der Waals surface area contributed by atoms with Gasteiger partial charge in [-0.05, 0) is 35.9 Å². The summed E-state index contributed by atoms with van der Waals surface area (Å²) in [5.41, 5.74) is 1.29. The molecule has 246 valence electrons. The Balaban J connectivity index is 1.84. The number of aliphatic hydroxyl groups excluding tert-OH is 2. The number of aliphatic hydroxyl groups is 2. The van der Waals surface area contributed by atoms with Crippen molar-refractivity contribution in [2.45, 2.75) is 83.1 Å². The summed E-state index contributed by atoms with van der Waals surface area (Å²) in [6, 6.07) is 10.1. The molecule has 1 saturated heterocycles. The molecule has 5 atom stereocenters. The van der Waals surface area contributed by atoms with E-state index in [0.29, 0.717) is 34.3 Å². The van der Waals surface area contributed by atoms with Crippen LogP contribution in [0, 0.1) is 11.3 Å². The van der Waals surface area contributed by atoms with Gasteiger partial charge in [0.15, 0.2) is 17.6 Å². The van der Waals surface area contributed by atoms with Gasteiger partial charge in [-0.2, -0.15) is 11.8 Å². The Morgan fingerprint density at radius 2 is 1.64 bits per heavy atom. The number of hydrogen-bond donors (Lipinski definition) is 4. The molecule has 0 bridgehead atoms. The van der Waals surface area contributed by atoms with Gasteiger partial charge < -0.3 is 44.4 Å². The summed E-state index contributed by atoms with van der Waals surface area (Å²) in [6.45, 7) is 11.8. The average Bonchev–Trinajstić information content (AvgIpc) is 2.93. The molecule has 1 fully saturated rings. The molecule has 0 aromatic heterocycles. The molecule has 4 N–H and O–H groups in total. The molecule has 1 heterocycles. The van der Waals surface area contributed by atoms with Crippen molar-refractivity contribution < 1.29 is 53.4 Å². The van der Waals surface area contributed by atoms with Crippen molar-refractivity contribution in [3.8, 4) is 17.2 Å². The zero-order chi connectivity index (χ0) is 33.7. The second-order valence-corrected chi connectivity index (χ2v) is 14.4. The first-order valence-electron chi connectivity index (χ1n) is 14.3. The summed E-state index contributed by atoms with van der Waals surface area (Å²) in [6.07, 6.45) is -7.38. The van der Waals surface area contributed by atoms with Crippen LogP contribution in [0.2, 0.25) is 0 Å². The highest BCUT2D eigenvalue weighted by molar-refractivity contribution is 7.99. The lowest BCUT2D eigenvalue weighted by Crippen LogP contribution is -2.58. The Bertz CT molecular complexity index is 1400. The number of methoxy groups -OCH3 is 1. The number of carbonyl (C=O) groups excluding carboxylic acids is 3. The van der Waals surface area contributed by atoms with Crippen molar-refractivity contribution >= 4 is 41.6 Å². The van der Waals surface area contributed by atoms with E-state index in [9.17, 15) is 34.5 Å². The van der Waals surface area contributed by atoms with E-state index in [-0.39, 0.29) is 23.4 Å². The SMILES string of the molecule is COc1ccc(CC(=O)OC2OC(C(=O)O)C(O)C(C=O)C2O)cc1Oc1ccc(NC(=O)C(C)(C)C)cc1CSC(C)(C)C. The lowest BCUT2D eigenvalue weighted by atomic mass is 9.90. The number of hydrogen-bond acceptors (Lipinski definition) is 11. The second-order valence-electron chi connectivity index (χ2n) is 12.6. The Labute approximate surface area is 266 Å². The van der Waals surface area contributed by atoms with Gasteiger partial charge in [0.2, 0.25) is 12.2 Å². The predicted molar refractivity (Wildman–Crippen MR) is 166 cm³/mol. The average molecular weight is 648 g/mol. The monoisotopic (exact) mass is 647 g/mol. The van der Waals surface area contributed by atoms with Crippen molar-refractivity contribution in [1.29, 1.82) is 0 Å². The van der Waals surface area contributed by atoms with Crippen LogP contribution in [0.3, 0.4) is 0 Å². The van der Waals surface area contributed by atoms with Crippen LogP contribution < -0.4 is 14.8 Å². The van der Waals surface area contributed by atoms with Gasteiger partial charge >= 0.3 is 11.9 Å². The molecule has 12 nitrogen and oxygen atoms in total. The summed E-state index contributed by atoms with van der Waals surface area (Å²) in [5, 5.41) is 32.7. The zero-order valence-corrected chi connectivity index (χ0v) is 27.2. The molecule has 1 aliphatic rings. The van der Waals surface area contributed by atoms with Crippen molar-refractivity contribution in [3.05, 3.63) is 47.5 Å². The molecule has 1 aliphatic heterocycles. The van der Waals surface area contributed by atoms with E-state index in [1.807, 2.05) is 26.8 Å². The molecule has 3 rings (SSSR count). The number of aliphatic carboxylic acids is 1. The first kappa shape index (κ1) is 35.8. The van der Waals surface area contributed by atoms with Crippen molar-refractivity contribution in [1.82, 2.24) is 0 Å². The molecule has 2 aromatic carbocycles. The maximum atomic E-state index is 12.8. The third kappa shape index (κ3) is 9.67. The molecule has 13 heteroatoms. The van der Waals surface area contributed by atoms with Gasteiger partial charge in [-0.25, -0.2) is 4.79 Å². The number of amides is 1. The molecule has 2 aromatic rings. The predicted octanol–water partition coefficient (Wildman–Crippen LogP) is 3.94. The zero-order valence-electron chi connectivity index (χ0n) is 26.4. The molecule has 1 amide bonds. The quantitative estimate of drug-likeness (QED) is 0.204. The maximum Gasteiger partial charge on any atom is 0.335 e. The van der Waals surface area contributed by atoms with E-state index in [1.165, 1.54) is 7.11 Å². The molecular weight excluding hydrogens is 606 g/mol. The van der Waals surface area contributed by atoms with Crippen LogP contribution in [-0.2, 0) is 40.8 Å². The number of esters is 1. The van der Waals surface area contributed by atoms with Gasteiger partial charge in [-0.3, -0.25) is 9.59 Å². The number of benzene rings is 2. The lowest BCUT2D eigenvalue weighted by Gasteiger charge is -2.38. The van der Waals surface area contributed by atoms with E-state index in [1.54, 1.807) is 42.1 Å². The van der Waals surface area contributed by atoms with Crippen LogP contribution in [0.1, 0.15) is 52.7 Å². The first-order chi connectivity index (χ1) is 20.9. The maximum absolute atomic E-state index is 12.8. The van der Waals surface area contributed by atoms with Gasteiger partial charge in [-0.15, -0.1) is 0 Å². The largest absolute Gasteiger partial charge is 0.493 e. The van der Waals surface area contributed by atoms with Crippen molar-refractivity contribution in [2.75, 3.05) is 12.4 Å². The Hall–Kier alpha value is -3.65. The van der Waals surface area contributed by atoms with E-state index >= 15 is 0 Å². The van der Waals surface area contributed by atoms with Gasteiger partial charge in [0.25, 0.3) is 0 Å². The minimum Gasteiger partial charge on any atom is -0.493 e. The number of nitrogens with one attached hydrogen (secondary N) is 1. The number of carboxylic acid groups (broad SMARTS) is 1. The molecule has 45 heavy (non-hydrogen) atoms. The Morgan fingerprint density at radius 3 is 2.22 bits per heavy atom. The number of anilines is 1. The van der Waals surface area contributed by atoms with Gasteiger partial charge in [0.05, 0.1) is 19.4 Å². The Morgan fingerprint density at radius 1 is 0.978 bits per heavy atom. The van der Waals surface area contributed by atoms with Crippen LogP contribution in [0.5, 0.6) is 17.2 Å². The fourth-order valence-corrected chi connectivity index (χ4v) is 5.02. The minimum absolute atomic E-state index is 0.0518. The molecule has 0 saturated carbocycles. The number of thioether (sulfide) groups is 1. The van der Waals surface area contributed by atoms with Gasteiger partial charge in [0, 0.05) is 27.2 Å². The van der Waals surface area contributed by atoms with Crippen LogP contribution in [0.4, 0.5) is 5.69 Å². The summed E-state index contributed by atoms with van der Waals surface area (Å²) >= 11 is 1.69. The number of rotatable bonds is 11. The number of carboxylic acids is 1. The van der Waals surface area contributed by atoms with Crippen LogP contribution >= 0.6 is 11.8 Å². The van der Waals surface area contributed by atoms with E-state index < -0.39 is 47.9 Å². The van der Waals surface area contributed by atoms with Gasteiger partial charge in [-0.1, -0.05) is 47.6 Å². The summed E-state index contributed by atoms with van der Waals surface area (Å²) in [4.78, 5) is 48.3. The van der Waals surface area contributed by atoms with E-state index in [0.717, 1.165) is 5.56 Å². The standard InChI is InChI=1S/C32H41NO11S/c1-31(2,3)30(40)33-19-9-11-21(18(14-19)16-45-32(4,5)6)42-23-12-17(8-10-22(23)41-7)13-24(35)43-29-26(37)20(15-34)25(36)27(44-29)28(38)39/h8-12,14-15,20,25-27,29,36-37H,13,16H2,1-7H3,(H,33,40)(H,38,39). The van der Waals surface area contributed by atoms with Gasteiger partial charge in [0.1, 0.15) is 24.2 Å². The molecule has 5 unspecified atom stereocenters. The van der Waals surface area contributed by atoms with Crippen LogP contribution in [0.25, 0.3) is 0 Å². The van der Waals surface area contributed by atoms with E-state index in [4.69, 9.17) is 18.9 Å². The number of ether oxygens (including phenoxy) is 4. The summed E-state index contributed by atoms with van der Waals surface area (Å²) in [5.74, 6) is -2.37. The topological polar surface area (TPSA) is 178 Å². The molecule has 0 aliphatic carbocycles. The Kier molecular flexibility index (Phi) is 11.6. The van der Waals surface area contributed by atoms with E-state index in [2.05, 4.69) is 26.1 Å². The first-order valence-corrected chi connectivity index (χ1v) is 15.2. The number of carbonyl (C=O) groups is 4. The summed E-state index contributed by atoms with van der Waals surface area (Å²) in [7, 11) is 1.47. The lowest BCUT2D eigenvalue weighted by molar-refractivity contribution is -0.270. The third-order valence-corrected chi connectivity index (χ3v) is 8.08. The normalized spacial score (nSPS) is 21.8. The highest BCUT2D eigenvalue weighted by Gasteiger charge is 2.49. The van der Waals surface area contributed by atoms with Crippen molar-refractivity contribution in [3.63, 3.8) is 0 Å². The highest BCUT2D eigenvalue weighted by Crippen LogP contribution is 2.38. The minimum atomic E-state index is -1.87. The van der Waals surface area contributed by atoms with Crippen LogP contribution in [0.15, 0.2) is 36.4 Å². The molecular formula is C32H41NO11S. The smallest absolute Gasteiger partial charge is 0.335 e. The number of aldehydes is 1. The van der Waals surface area contributed by atoms with Crippen molar-refractivity contribution in [2.24, 2.45) is 11.3 Å². The second kappa shape index (κ2) is 14.6. The fourth-order valence-electron chi connectivity index (χ4n) is 4.20. The van der Waals surface area contributed by atoms with Crippen LogP contribution in [-0.4, -0.2) is 75.9 Å². The summed E-state index contributed by atoms with van der Waals surface area (Å²) < 4.78 is 22.0. The fraction of sp³-hybridized carbons (Fsp3) is 0.500. The highest BCUT2D eigenvalue weighted by atomic mass is 32.2. The molecule has 0 spiro atoms. The third-order valence-electron chi connectivity index (χ3n) is 6.76. The molecule has 0 radical (unpaired) electrons.